The van der Waals surface area contributed by atoms with E-state index in [4.69, 9.17) is 16.3 Å². The molecule has 2 aliphatic rings. The van der Waals surface area contributed by atoms with Gasteiger partial charge in [-0.25, -0.2) is 0 Å². The zero-order valence-corrected chi connectivity index (χ0v) is 11.9. The molecule has 2 fully saturated rings. The molecule has 0 aromatic heterocycles. The first-order valence-electron chi connectivity index (χ1n) is 7.01. The molecule has 0 spiro atoms. The van der Waals surface area contributed by atoms with Gasteiger partial charge in [0.15, 0.2) is 0 Å². The summed E-state index contributed by atoms with van der Waals surface area (Å²) in [4.78, 5) is 0. The van der Waals surface area contributed by atoms with Crippen molar-refractivity contribution in [2.75, 3.05) is 7.11 Å². The van der Waals surface area contributed by atoms with Crippen molar-refractivity contribution in [2.45, 2.75) is 38.0 Å². The number of benzene rings is 1. The maximum absolute atomic E-state index is 6.74. The summed E-state index contributed by atoms with van der Waals surface area (Å²) in [5, 5.41) is 0.198. The number of alkyl halides is 1. The lowest BCUT2D eigenvalue weighted by Crippen LogP contribution is -1.99. The summed E-state index contributed by atoms with van der Waals surface area (Å²) in [6.07, 6.45) is 5.60. The van der Waals surface area contributed by atoms with Crippen LogP contribution in [0.4, 0.5) is 0 Å². The largest absolute Gasteiger partial charge is 0.497 e. The molecule has 2 heteroatoms. The number of hydrogen-bond donors (Lipinski definition) is 0. The quantitative estimate of drug-likeness (QED) is 0.718. The molecule has 0 N–H and O–H groups in total. The molecule has 1 aromatic carbocycles. The van der Waals surface area contributed by atoms with E-state index >= 15 is 0 Å². The Bertz CT molecular complexity index is 431. The van der Waals surface area contributed by atoms with Gasteiger partial charge in [0.2, 0.25) is 0 Å². The lowest BCUT2D eigenvalue weighted by molar-refractivity contribution is 0.414. The fourth-order valence-corrected chi connectivity index (χ4v) is 4.39. The molecular weight excluding hydrogens is 244 g/mol. The maximum Gasteiger partial charge on any atom is 0.119 e. The maximum atomic E-state index is 6.74. The standard InChI is InChI=1S/C16H21ClO/c1-10-9-11(18-2)7-8-12(10)16(17)15-13-5-3-4-6-14(13)15/h7-9,13-16H,3-6H2,1-2H3. The molecule has 0 amide bonds. The van der Waals surface area contributed by atoms with E-state index in [1.165, 1.54) is 36.8 Å². The highest BCUT2D eigenvalue weighted by Gasteiger charge is 2.54. The summed E-state index contributed by atoms with van der Waals surface area (Å²) in [6.45, 7) is 2.14. The fourth-order valence-electron chi connectivity index (χ4n) is 3.77. The third-order valence-electron chi connectivity index (χ3n) is 4.83. The summed E-state index contributed by atoms with van der Waals surface area (Å²) >= 11 is 6.74. The second kappa shape index (κ2) is 4.77. The molecule has 3 atom stereocenters. The first-order valence-corrected chi connectivity index (χ1v) is 7.44. The zero-order valence-electron chi connectivity index (χ0n) is 11.2. The summed E-state index contributed by atoms with van der Waals surface area (Å²) in [5.74, 6) is 3.46. The van der Waals surface area contributed by atoms with E-state index < -0.39 is 0 Å². The average molecular weight is 265 g/mol. The summed E-state index contributed by atoms with van der Waals surface area (Å²) < 4.78 is 5.26. The molecule has 1 nitrogen and oxygen atoms in total. The summed E-state index contributed by atoms with van der Waals surface area (Å²) in [7, 11) is 1.71. The van der Waals surface area contributed by atoms with Gasteiger partial charge in [0, 0.05) is 0 Å². The van der Waals surface area contributed by atoms with Gasteiger partial charge >= 0.3 is 0 Å². The molecule has 3 unspecified atom stereocenters. The van der Waals surface area contributed by atoms with E-state index in [1.807, 2.05) is 6.07 Å². The number of ether oxygens (including phenoxy) is 1. The number of rotatable bonds is 3. The van der Waals surface area contributed by atoms with Crippen LogP contribution in [0.25, 0.3) is 0 Å². The van der Waals surface area contributed by atoms with Gasteiger partial charge in [0.25, 0.3) is 0 Å². The van der Waals surface area contributed by atoms with Crippen molar-refractivity contribution >= 4 is 11.6 Å². The van der Waals surface area contributed by atoms with E-state index in [-0.39, 0.29) is 5.38 Å². The van der Waals surface area contributed by atoms with Crippen LogP contribution in [0.1, 0.15) is 42.2 Å². The lowest BCUT2D eigenvalue weighted by Gasteiger charge is -2.14. The fraction of sp³-hybridized carbons (Fsp3) is 0.625. The number of halogens is 1. The van der Waals surface area contributed by atoms with Gasteiger partial charge in [-0.1, -0.05) is 18.9 Å². The van der Waals surface area contributed by atoms with Gasteiger partial charge < -0.3 is 4.74 Å². The van der Waals surface area contributed by atoms with Crippen LogP contribution in [0.3, 0.4) is 0 Å². The van der Waals surface area contributed by atoms with Gasteiger partial charge in [-0.15, -0.1) is 11.6 Å². The normalized spacial score (nSPS) is 31.6. The first-order chi connectivity index (χ1) is 8.72. The van der Waals surface area contributed by atoms with Crippen LogP contribution in [0.2, 0.25) is 0 Å². The number of hydrogen-bond acceptors (Lipinski definition) is 1. The van der Waals surface area contributed by atoms with Gasteiger partial charge in [0.1, 0.15) is 5.75 Å². The Hall–Kier alpha value is -0.690. The second-order valence-corrected chi connectivity index (χ2v) is 6.28. The number of fused-ring (bicyclic) bond motifs is 1. The molecule has 2 aliphatic carbocycles. The second-order valence-electron chi connectivity index (χ2n) is 5.81. The van der Waals surface area contributed by atoms with Gasteiger partial charge in [-0.3, -0.25) is 0 Å². The topological polar surface area (TPSA) is 9.23 Å². The van der Waals surface area contributed by atoms with Gasteiger partial charge in [0.05, 0.1) is 12.5 Å². The van der Waals surface area contributed by atoms with Gasteiger partial charge in [-0.2, -0.15) is 0 Å². The van der Waals surface area contributed by atoms with Crippen molar-refractivity contribution in [1.82, 2.24) is 0 Å². The molecule has 0 heterocycles. The average Bonchev–Trinajstić information content (AvgIpc) is 3.12. The van der Waals surface area contributed by atoms with Crippen molar-refractivity contribution in [1.29, 1.82) is 0 Å². The molecule has 2 saturated carbocycles. The third-order valence-corrected chi connectivity index (χ3v) is 5.36. The van der Waals surface area contributed by atoms with Crippen LogP contribution in [0.15, 0.2) is 18.2 Å². The minimum atomic E-state index is 0.198. The molecule has 0 aliphatic heterocycles. The summed E-state index contributed by atoms with van der Waals surface area (Å²) in [5.41, 5.74) is 2.56. The molecule has 0 saturated heterocycles. The van der Waals surface area contributed by atoms with Crippen molar-refractivity contribution < 1.29 is 4.74 Å². The van der Waals surface area contributed by atoms with E-state index in [1.54, 1.807) is 7.11 Å². The highest BCUT2D eigenvalue weighted by molar-refractivity contribution is 6.21. The number of methoxy groups -OCH3 is 1. The van der Waals surface area contributed by atoms with Crippen LogP contribution >= 0.6 is 11.6 Å². The Morgan fingerprint density at radius 3 is 2.44 bits per heavy atom. The smallest absolute Gasteiger partial charge is 0.119 e. The van der Waals surface area contributed by atoms with Crippen LogP contribution in [-0.4, -0.2) is 7.11 Å². The van der Waals surface area contributed by atoms with Crippen molar-refractivity contribution in [2.24, 2.45) is 17.8 Å². The SMILES string of the molecule is COc1ccc(C(Cl)C2C3CCCCC32)c(C)c1. The monoisotopic (exact) mass is 264 g/mol. The Morgan fingerprint density at radius 2 is 1.89 bits per heavy atom. The molecule has 0 bridgehead atoms. The van der Waals surface area contributed by atoms with Gasteiger partial charge in [-0.05, 0) is 60.8 Å². The Morgan fingerprint density at radius 1 is 1.22 bits per heavy atom. The minimum absolute atomic E-state index is 0.198. The van der Waals surface area contributed by atoms with Crippen molar-refractivity contribution in [3.05, 3.63) is 29.3 Å². The Labute approximate surface area is 114 Å². The molecule has 98 valence electrons. The van der Waals surface area contributed by atoms with E-state index in [2.05, 4.69) is 19.1 Å². The summed E-state index contributed by atoms with van der Waals surface area (Å²) in [6, 6.07) is 6.27. The molecule has 1 aromatic rings. The molecule has 0 radical (unpaired) electrons. The zero-order chi connectivity index (χ0) is 12.7. The van der Waals surface area contributed by atoms with E-state index in [0.717, 1.165) is 23.5 Å². The number of aryl methyl sites for hydroxylation is 1. The van der Waals surface area contributed by atoms with E-state index in [0.29, 0.717) is 0 Å². The third kappa shape index (κ3) is 2.03. The highest BCUT2D eigenvalue weighted by Crippen LogP contribution is 2.62. The highest BCUT2D eigenvalue weighted by atomic mass is 35.5. The van der Waals surface area contributed by atoms with Crippen LogP contribution in [0.5, 0.6) is 5.75 Å². The predicted molar refractivity (Wildman–Crippen MR) is 75.3 cm³/mol. The van der Waals surface area contributed by atoms with Crippen molar-refractivity contribution in [3.8, 4) is 5.75 Å². The Balaban J connectivity index is 1.78. The Kier molecular flexibility index (Phi) is 3.27. The molecule has 18 heavy (non-hydrogen) atoms. The van der Waals surface area contributed by atoms with Crippen molar-refractivity contribution in [3.63, 3.8) is 0 Å². The van der Waals surface area contributed by atoms with Crippen LogP contribution in [0, 0.1) is 24.7 Å². The van der Waals surface area contributed by atoms with Crippen LogP contribution < -0.4 is 4.74 Å². The molecule has 3 rings (SSSR count). The first kappa shape index (κ1) is 12.3. The lowest BCUT2D eigenvalue weighted by atomic mass is 10.0. The predicted octanol–water partition coefficient (Wildman–Crippen LogP) is 4.72. The van der Waals surface area contributed by atoms with Crippen LogP contribution in [-0.2, 0) is 0 Å². The minimum Gasteiger partial charge on any atom is -0.497 e. The van der Waals surface area contributed by atoms with E-state index in [9.17, 15) is 0 Å². The molecular formula is C16H21ClO.